The third-order valence-electron chi connectivity index (χ3n) is 5.07. The number of nitrogens with zero attached hydrogens (tertiary/aromatic N) is 4. The lowest BCUT2D eigenvalue weighted by Crippen LogP contribution is -2.41. The Labute approximate surface area is 142 Å². The van der Waals surface area contributed by atoms with Crippen molar-refractivity contribution in [3.05, 3.63) is 35.4 Å². The summed E-state index contributed by atoms with van der Waals surface area (Å²) in [5.74, 6) is 2.55. The molecule has 24 heavy (non-hydrogen) atoms. The van der Waals surface area contributed by atoms with E-state index in [1.165, 1.54) is 25.7 Å². The van der Waals surface area contributed by atoms with Crippen molar-refractivity contribution in [2.75, 3.05) is 11.9 Å². The first-order valence-electron chi connectivity index (χ1n) is 8.94. The highest BCUT2D eigenvalue weighted by atomic mass is 16.3. The monoisotopic (exact) mass is 327 g/mol. The van der Waals surface area contributed by atoms with E-state index in [0.29, 0.717) is 12.1 Å². The van der Waals surface area contributed by atoms with Crippen LogP contribution in [-0.4, -0.2) is 32.4 Å². The Bertz CT molecular complexity index is 707. The van der Waals surface area contributed by atoms with E-state index < -0.39 is 0 Å². The fraction of sp³-hybridized carbons (Fsp3) is 0.611. The Balaban J connectivity index is 1.47. The van der Waals surface area contributed by atoms with Gasteiger partial charge in [-0.3, -0.25) is 4.90 Å². The van der Waals surface area contributed by atoms with Gasteiger partial charge in [-0.1, -0.05) is 12.8 Å². The van der Waals surface area contributed by atoms with Crippen molar-refractivity contribution in [3.8, 4) is 0 Å². The minimum atomic E-state index is 0.354. The second kappa shape index (κ2) is 6.51. The van der Waals surface area contributed by atoms with Gasteiger partial charge >= 0.3 is 0 Å². The lowest BCUT2D eigenvalue weighted by molar-refractivity contribution is 0.0770. The molecule has 0 bridgehead atoms. The van der Waals surface area contributed by atoms with Crippen LogP contribution in [0.4, 0.5) is 5.82 Å². The van der Waals surface area contributed by atoms with Crippen LogP contribution in [0.5, 0.6) is 0 Å². The Morgan fingerprint density at radius 2 is 2.00 bits per heavy atom. The lowest BCUT2D eigenvalue weighted by Gasteiger charge is -2.40. The molecule has 0 amide bonds. The van der Waals surface area contributed by atoms with E-state index in [1.807, 2.05) is 13.8 Å². The Kier molecular flexibility index (Phi) is 4.22. The first-order chi connectivity index (χ1) is 11.7. The van der Waals surface area contributed by atoms with E-state index >= 15 is 0 Å². The third kappa shape index (κ3) is 3.29. The second-order valence-electron chi connectivity index (χ2n) is 6.98. The van der Waals surface area contributed by atoms with Gasteiger partial charge in [0.15, 0.2) is 5.89 Å². The zero-order valence-electron chi connectivity index (χ0n) is 14.5. The molecule has 128 valence electrons. The summed E-state index contributed by atoms with van der Waals surface area (Å²) in [6.45, 7) is 5.75. The van der Waals surface area contributed by atoms with Gasteiger partial charge in [-0.05, 0) is 26.2 Å². The largest absolute Gasteiger partial charge is 0.449 e. The average molecular weight is 327 g/mol. The summed E-state index contributed by atoms with van der Waals surface area (Å²) in [7, 11) is 0. The summed E-state index contributed by atoms with van der Waals surface area (Å²) in [6.07, 6.45) is 8.03. The van der Waals surface area contributed by atoms with Crippen LogP contribution in [0.2, 0.25) is 0 Å². The van der Waals surface area contributed by atoms with Crippen molar-refractivity contribution in [1.82, 2.24) is 19.9 Å². The fourth-order valence-electron chi connectivity index (χ4n) is 3.77. The Morgan fingerprint density at radius 3 is 2.67 bits per heavy atom. The molecule has 3 heterocycles. The molecular formula is C18H25N5O. The van der Waals surface area contributed by atoms with E-state index in [0.717, 1.165) is 48.4 Å². The standard InChI is InChI=1S/C18H25N5O/c1-12-19-16(9-18(20-12)22-14-5-3-4-6-14)17-7-8-23(17)10-15-11-24-13(2)21-15/h9,11,14,17H,3-8,10H2,1-2H3,(H,19,20,22)/t17-/m0/s1. The van der Waals surface area contributed by atoms with Gasteiger partial charge in [0.2, 0.25) is 0 Å². The first-order valence-corrected chi connectivity index (χ1v) is 8.94. The molecule has 0 unspecified atom stereocenters. The van der Waals surface area contributed by atoms with Crippen LogP contribution in [-0.2, 0) is 6.54 Å². The highest BCUT2D eigenvalue weighted by molar-refractivity contribution is 5.38. The number of aryl methyl sites for hydroxylation is 2. The molecule has 6 heteroatoms. The van der Waals surface area contributed by atoms with E-state index in [9.17, 15) is 0 Å². The van der Waals surface area contributed by atoms with Gasteiger partial charge in [0, 0.05) is 32.1 Å². The van der Waals surface area contributed by atoms with Gasteiger partial charge in [-0.25, -0.2) is 15.0 Å². The molecule has 2 aromatic rings. The molecule has 1 atom stereocenters. The molecule has 1 aliphatic carbocycles. The molecule has 1 saturated carbocycles. The van der Waals surface area contributed by atoms with Gasteiger partial charge in [-0.15, -0.1) is 0 Å². The zero-order chi connectivity index (χ0) is 16.5. The van der Waals surface area contributed by atoms with Gasteiger partial charge < -0.3 is 9.73 Å². The maximum absolute atomic E-state index is 5.31. The molecule has 2 aromatic heterocycles. The van der Waals surface area contributed by atoms with Crippen molar-refractivity contribution in [3.63, 3.8) is 0 Å². The topological polar surface area (TPSA) is 67.1 Å². The van der Waals surface area contributed by atoms with Crippen molar-refractivity contribution >= 4 is 5.82 Å². The number of likely N-dealkylation sites (tertiary alicyclic amines) is 1. The van der Waals surface area contributed by atoms with Crippen LogP contribution < -0.4 is 5.32 Å². The number of hydrogen-bond acceptors (Lipinski definition) is 6. The molecule has 1 N–H and O–H groups in total. The number of anilines is 1. The third-order valence-corrected chi connectivity index (χ3v) is 5.07. The quantitative estimate of drug-likeness (QED) is 0.908. The average Bonchev–Trinajstić information content (AvgIpc) is 3.15. The van der Waals surface area contributed by atoms with E-state index in [1.54, 1.807) is 6.26 Å². The number of nitrogens with one attached hydrogen (secondary N) is 1. The number of aromatic nitrogens is 3. The normalized spacial score (nSPS) is 21.8. The highest BCUT2D eigenvalue weighted by Crippen LogP contribution is 2.34. The summed E-state index contributed by atoms with van der Waals surface area (Å²) in [5, 5.41) is 3.60. The highest BCUT2D eigenvalue weighted by Gasteiger charge is 2.31. The molecule has 4 rings (SSSR count). The molecule has 2 aliphatic rings. The summed E-state index contributed by atoms with van der Waals surface area (Å²) in [5.41, 5.74) is 2.11. The summed E-state index contributed by atoms with van der Waals surface area (Å²) in [4.78, 5) is 16.1. The number of oxazole rings is 1. The summed E-state index contributed by atoms with van der Waals surface area (Å²) < 4.78 is 5.31. The minimum absolute atomic E-state index is 0.354. The number of hydrogen-bond donors (Lipinski definition) is 1. The molecule has 1 aliphatic heterocycles. The van der Waals surface area contributed by atoms with E-state index in [2.05, 4.69) is 26.3 Å². The van der Waals surface area contributed by atoms with Crippen LogP contribution in [0.1, 0.15) is 61.2 Å². The summed E-state index contributed by atoms with van der Waals surface area (Å²) in [6, 6.07) is 3.06. The SMILES string of the molecule is Cc1nc(NC2CCCC2)cc([C@@H]2CCN2Cc2coc(C)n2)n1. The van der Waals surface area contributed by atoms with Crippen LogP contribution in [0.25, 0.3) is 0 Å². The van der Waals surface area contributed by atoms with Crippen molar-refractivity contribution in [1.29, 1.82) is 0 Å². The number of rotatable bonds is 5. The fourth-order valence-corrected chi connectivity index (χ4v) is 3.77. The maximum atomic E-state index is 5.31. The predicted octanol–water partition coefficient (Wildman–Crippen LogP) is 3.38. The van der Waals surface area contributed by atoms with Crippen LogP contribution in [0.15, 0.2) is 16.7 Å². The Hall–Kier alpha value is -1.95. The molecular weight excluding hydrogens is 302 g/mol. The maximum Gasteiger partial charge on any atom is 0.191 e. The Morgan fingerprint density at radius 1 is 1.17 bits per heavy atom. The smallest absolute Gasteiger partial charge is 0.191 e. The molecule has 2 fully saturated rings. The van der Waals surface area contributed by atoms with Crippen molar-refractivity contribution in [2.45, 2.75) is 64.6 Å². The van der Waals surface area contributed by atoms with Crippen LogP contribution >= 0.6 is 0 Å². The minimum Gasteiger partial charge on any atom is -0.449 e. The second-order valence-corrected chi connectivity index (χ2v) is 6.98. The molecule has 6 nitrogen and oxygen atoms in total. The molecule has 1 saturated heterocycles. The first kappa shape index (κ1) is 15.6. The van der Waals surface area contributed by atoms with Gasteiger partial charge in [0.1, 0.15) is 17.9 Å². The predicted molar refractivity (Wildman–Crippen MR) is 91.7 cm³/mol. The lowest BCUT2D eigenvalue weighted by atomic mass is 9.99. The van der Waals surface area contributed by atoms with Gasteiger partial charge in [0.05, 0.1) is 17.4 Å². The van der Waals surface area contributed by atoms with Crippen LogP contribution in [0, 0.1) is 13.8 Å². The van der Waals surface area contributed by atoms with Crippen molar-refractivity contribution in [2.24, 2.45) is 0 Å². The molecule has 0 spiro atoms. The van der Waals surface area contributed by atoms with Gasteiger partial charge in [-0.2, -0.15) is 0 Å². The van der Waals surface area contributed by atoms with E-state index in [4.69, 9.17) is 9.40 Å². The van der Waals surface area contributed by atoms with Gasteiger partial charge in [0.25, 0.3) is 0 Å². The van der Waals surface area contributed by atoms with Crippen LogP contribution in [0.3, 0.4) is 0 Å². The molecule has 0 aromatic carbocycles. The molecule has 0 radical (unpaired) electrons. The van der Waals surface area contributed by atoms with E-state index in [-0.39, 0.29) is 0 Å². The zero-order valence-corrected chi connectivity index (χ0v) is 14.5. The van der Waals surface area contributed by atoms with Crippen molar-refractivity contribution < 1.29 is 4.42 Å². The summed E-state index contributed by atoms with van der Waals surface area (Å²) >= 11 is 0.